The van der Waals surface area contributed by atoms with Gasteiger partial charge in [0.25, 0.3) is 10.0 Å². The normalized spacial score (nSPS) is 11.1. The highest BCUT2D eigenvalue weighted by molar-refractivity contribution is 7.98. The van der Waals surface area contributed by atoms with Crippen molar-refractivity contribution in [2.24, 2.45) is 0 Å². The molecule has 34 heavy (non-hydrogen) atoms. The SMILES string of the molecule is COc1ccc(S(=O)(=O)N(CC(=O)NCCSCc2ccco2)c2ccc(Cl)cc2)cc1OC. The number of rotatable bonds is 12. The van der Waals surface area contributed by atoms with Gasteiger partial charge in [0, 0.05) is 23.4 Å². The Balaban J connectivity index is 1.74. The van der Waals surface area contributed by atoms with E-state index >= 15 is 0 Å². The van der Waals surface area contributed by atoms with Gasteiger partial charge in [-0.2, -0.15) is 11.8 Å². The van der Waals surface area contributed by atoms with Crippen molar-refractivity contribution >= 4 is 45.0 Å². The minimum Gasteiger partial charge on any atom is -0.493 e. The topological polar surface area (TPSA) is 98.1 Å². The van der Waals surface area contributed by atoms with Crippen LogP contribution >= 0.6 is 23.4 Å². The van der Waals surface area contributed by atoms with Crippen LogP contribution in [0.3, 0.4) is 0 Å². The van der Waals surface area contributed by atoms with E-state index in [1.165, 1.54) is 32.4 Å². The minimum absolute atomic E-state index is 0.0399. The Morgan fingerprint density at radius 3 is 2.47 bits per heavy atom. The number of nitrogens with zero attached hydrogens (tertiary/aromatic N) is 1. The van der Waals surface area contributed by atoms with Gasteiger partial charge in [0.1, 0.15) is 12.3 Å². The Hall–Kier alpha value is -2.82. The summed E-state index contributed by atoms with van der Waals surface area (Å²) in [6.45, 7) is -0.0176. The maximum Gasteiger partial charge on any atom is 0.264 e. The predicted molar refractivity (Wildman–Crippen MR) is 133 cm³/mol. The lowest BCUT2D eigenvalue weighted by Gasteiger charge is -2.24. The van der Waals surface area contributed by atoms with Gasteiger partial charge in [-0.1, -0.05) is 11.6 Å². The zero-order valence-corrected chi connectivity index (χ0v) is 21.1. The molecule has 0 fully saturated rings. The number of hydrogen-bond donors (Lipinski definition) is 1. The number of halogens is 1. The number of benzene rings is 2. The molecule has 0 aliphatic carbocycles. The Morgan fingerprint density at radius 1 is 1.09 bits per heavy atom. The quantitative estimate of drug-likeness (QED) is 0.355. The van der Waals surface area contributed by atoms with E-state index < -0.39 is 22.5 Å². The number of sulfonamides is 1. The van der Waals surface area contributed by atoms with Crippen molar-refractivity contribution in [1.29, 1.82) is 0 Å². The van der Waals surface area contributed by atoms with Crippen molar-refractivity contribution < 1.29 is 27.1 Å². The van der Waals surface area contributed by atoms with Gasteiger partial charge in [-0.25, -0.2) is 8.42 Å². The standard InChI is InChI=1S/C23H25ClN2O6S2/c1-30-21-10-9-20(14-22(21)31-2)34(28,29)26(18-7-5-17(24)6-8-18)15-23(27)25-11-13-33-16-19-4-3-12-32-19/h3-10,12,14H,11,13,15-16H2,1-2H3,(H,25,27). The maximum absolute atomic E-state index is 13.5. The van der Waals surface area contributed by atoms with Gasteiger partial charge in [0.15, 0.2) is 11.5 Å². The number of amides is 1. The molecular formula is C23H25ClN2O6S2. The largest absolute Gasteiger partial charge is 0.493 e. The molecule has 2 aromatic carbocycles. The fourth-order valence-electron chi connectivity index (χ4n) is 3.04. The second-order valence-corrected chi connectivity index (χ2v) is 10.4. The molecule has 3 rings (SSSR count). The molecule has 182 valence electrons. The first kappa shape index (κ1) is 25.8. The third kappa shape index (κ3) is 6.62. The molecule has 0 saturated heterocycles. The van der Waals surface area contributed by atoms with Crippen LogP contribution in [0.2, 0.25) is 5.02 Å². The molecule has 0 saturated carbocycles. The highest BCUT2D eigenvalue weighted by atomic mass is 35.5. The third-order valence-electron chi connectivity index (χ3n) is 4.74. The fraction of sp³-hybridized carbons (Fsp3) is 0.261. The number of nitrogens with one attached hydrogen (secondary N) is 1. The summed E-state index contributed by atoms with van der Waals surface area (Å²) in [6, 6.07) is 14.2. The summed E-state index contributed by atoms with van der Waals surface area (Å²) < 4.78 is 43.8. The van der Waals surface area contributed by atoms with Crippen LogP contribution in [0, 0.1) is 0 Å². The Kier molecular flexibility index (Phi) is 9.14. The fourth-order valence-corrected chi connectivity index (χ4v) is 5.36. The summed E-state index contributed by atoms with van der Waals surface area (Å²) in [5, 5.41) is 3.22. The van der Waals surface area contributed by atoms with Crippen LogP contribution in [-0.2, 0) is 20.6 Å². The monoisotopic (exact) mass is 524 g/mol. The summed E-state index contributed by atoms with van der Waals surface area (Å²) >= 11 is 7.57. The van der Waals surface area contributed by atoms with E-state index in [0.717, 1.165) is 10.1 Å². The first-order chi connectivity index (χ1) is 16.3. The molecular weight excluding hydrogens is 500 g/mol. The summed E-state index contributed by atoms with van der Waals surface area (Å²) in [5.74, 6) is 2.41. The Morgan fingerprint density at radius 2 is 1.82 bits per heavy atom. The third-order valence-corrected chi connectivity index (χ3v) is 7.74. The molecule has 0 unspecified atom stereocenters. The summed E-state index contributed by atoms with van der Waals surface area (Å²) in [6.07, 6.45) is 1.61. The van der Waals surface area contributed by atoms with Crippen LogP contribution < -0.4 is 19.1 Å². The molecule has 0 radical (unpaired) electrons. The molecule has 0 aliphatic rings. The lowest BCUT2D eigenvalue weighted by Crippen LogP contribution is -2.41. The number of methoxy groups -OCH3 is 2. The second-order valence-electron chi connectivity index (χ2n) is 6.99. The lowest BCUT2D eigenvalue weighted by atomic mass is 10.3. The number of furan rings is 1. The van der Waals surface area contributed by atoms with Gasteiger partial charge >= 0.3 is 0 Å². The number of carbonyl (C=O) groups is 1. The number of anilines is 1. The molecule has 1 N–H and O–H groups in total. The van der Waals surface area contributed by atoms with E-state index in [2.05, 4.69) is 5.32 Å². The second kappa shape index (κ2) is 12.0. The van der Waals surface area contributed by atoms with E-state index in [4.69, 9.17) is 25.5 Å². The van der Waals surface area contributed by atoms with Crippen molar-refractivity contribution in [2.75, 3.05) is 37.4 Å². The number of carbonyl (C=O) groups excluding carboxylic acids is 1. The Labute approximate surface area is 208 Å². The lowest BCUT2D eigenvalue weighted by molar-refractivity contribution is -0.119. The van der Waals surface area contributed by atoms with E-state index in [0.29, 0.717) is 34.5 Å². The number of hydrogen-bond acceptors (Lipinski definition) is 7. The minimum atomic E-state index is -4.11. The van der Waals surface area contributed by atoms with Crippen molar-refractivity contribution in [3.8, 4) is 11.5 Å². The summed E-state index contributed by atoms with van der Waals surface area (Å²) in [7, 11) is -1.23. The van der Waals surface area contributed by atoms with E-state index in [9.17, 15) is 13.2 Å². The highest BCUT2D eigenvalue weighted by Gasteiger charge is 2.28. The zero-order valence-electron chi connectivity index (χ0n) is 18.7. The van der Waals surface area contributed by atoms with Gasteiger partial charge in [-0.15, -0.1) is 0 Å². The molecule has 11 heteroatoms. The van der Waals surface area contributed by atoms with Gasteiger partial charge < -0.3 is 19.2 Å². The van der Waals surface area contributed by atoms with E-state index in [1.54, 1.807) is 42.3 Å². The molecule has 3 aromatic rings. The van der Waals surface area contributed by atoms with Gasteiger partial charge in [0.05, 0.1) is 36.8 Å². The molecule has 0 aliphatic heterocycles. The summed E-state index contributed by atoms with van der Waals surface area (Å²) in [5.41, 5.74) is 0.307. The molecule has 1 heterocycles. The first-order valence-corrected chi connectivity index (χ1v) is 13.2. The summed E-state index contributed by atoms with van der Waals surface area (Å²) in [4.78, 5) is 12.6. The van der Waals surface area contributed by atoms with E-state index in [-0.39, 0.29) is 10.6 Å². The predicted octanol–water partition coefficient (Wildman–Crippen LogP) is 4.20. The highest BCUT2D eigenvalue weighted by Crippen LogP contribution is 2.32. The molecule has 8 nitrogen and oxygen atoms in total. The van der Waals surface area contributed by atoms with Crippen LogP contribution in [0.25, 0.3) is 0 Å². The van der Waals surface area contributed by atoms with Crippen LogP contribution in [0.4, 0.5) is 5.69 Å². The molecule has 1 aromatic heterocycles. The van der Waals surface area contributed by atoms with Crippen LogP contribution in [0.15, 0.2) is 70.2 Å². The molecule has 0 bridgehead atoms. The molecule has 0 atom stereocenters. The number of thioether (sulfide) groups is 1. The molecule has 0 spiro atoms. The van der Waals surface area contributed by atoms with Gasteiger partial charge in [-0.05, 0) is 48.5 Å². The van der Waals surface area contributed by atoms with Crippen molar-refractivity contribution in [3.63, 3.8) is 0 Å². The van der Waals surface area contributed by atoms with E-state index in [1.807, 2.05) is 12.1 Å². The zero-order chi connectivity index (χ0) is 24.6. The van der Waals surface area contributed by atoms with Crippen LogP contribution in [-0.4, -0.2) is 47.4 Å². The average molecular weight is 525 g/mol. The van der Waals surface area contributed by atoms with Crippen LogP contribution in [0.5, 0.6) is 11.5 Å². The first-order valence-electron chi connectivity index (χ1n) is 10.2. The number of ether oxygens (including phenoxy) is 2. The maximum atomic E-state index is 13.5. The van der Waals surface area contributed by atoms with Gasteiger partial charge in [-0.3, -0.25) is 9.10 Å². The van der Waals surface area contributed by atoms with Gasteiger partial charge in [0.2, 0.25) is 5.91 Å². The Bertz CT molecular complexity index is 1180. The average Bonchev–Trinajstić information content (AvgIpc) is 3.36. The van der Waals surface area contributed by atoms with Crippen molar-refractivity contribution in [3.05, 3.63) is 71.6 Å². The molecule has 1 amide bonds. The van der Waals surface area contributed by atoms with Crippen LogP contribution in [0.1, 0.15) is 5.76 Å². The smallest absolute Gasteiger partial charge is 0.264 e. The van der Waals surface area contributed by atoms with Crippen molar-refractivity contribution in [1.82, 2.24) is 5.32 Å². The van der Waals surface area contributed by atoms with Crippen molar-refractivity contribution in [2.45, 2.75) is 10.6 Å².